The predicted molar refractivity (Wildman–Crippen MR) is 58.7 cm³/mol. The van der Waals surface area contributed by atoms with Gasteiger partial charge in [0.15, 0.2) is 5.82 Å². The molecule has 1 aromatic rings. The third-order valence-corrected chi connectivity index (χ3v) is 1.76. The lowest BCUT2D eigenvalue weighted by Crippen LogP contribution is -2.13. The van der Waals surface area contributed by atoms with Crippen molar-refractivity contribution in [2.24, 2.45) is 0 Å². The summed E-state index contributed by atoms with van der Waals surface area (Å²) in [7, 11) is 0. The number of esters is 1. The van der Waals surface area contributed by atoms with Crippen molar-refractivity contribution < 1.29 is 14.1 Å². The molecule has 1 aromatic heterocycles. The maximum absolute atomic E-state index is 11.0. The first-order valence-electron chi connectivity index (χ1n) is 5.12. The normalized spacial score (nSPS) is 12.0. The Morgan fingerprint density at radius 1 is 1.50 bits per heavy atom. The number of rotatable bonds is 3. The highest BCUT2D eigenvalue weighted by molar-refractivity contribution is 5.86. The maximum Gasteiger partial charge on any atom is 0.330 e. The van der Waals surface area contributed by atoms with Crippen LogP contribution in [-0.4, -0.2) is 22.7 Å². The van der Waals surface area contributed by atoms with E-state index in [0.717, 1.165) is 0 Å². The smallest absolute Gasteiger partial charge is 0.330 e. The fourth-order valence-electron chi connectivity index (χ4n) is 0.937. The van der Waals surface area contributed by atoms with Crippen molar-refractivity contribution in [2.75, 3.05) is 6.61 Å². The van der Waals surface area contributed by atoms with E-state index in [-0.39, 0.29) is 5.41 Å². The minimum atomic E-state index is -0.419. The Morgan fingerprint density at radius 3 is 2.69 bits per heavy atom. The lowest BCUT2D eigenvalue weighted by Gasteiger charge is -2.10. The van der Waals surface area contributed by atoms with E-state index in [9.17, 15) is 4.79 Å². The van der Waals surface area contributed by atoms with Crippen molar-refractivity contribution in [3.8, 4) is 0 Å². The first kappa shape index (κ1) is 12.4. The van der Waals surface area contributed by atoms with E-state index in [2.05, 4.69) is 10.1 Å². The molecule has 5 heteroatoms. The summed E-state index contributed by atoms with van der Waals surface area (Å²) in [5.41, 5.74) is -0.167. The fraction of sp³-hybridized carbons (Fsp3) is 0.545. The van der Waals surface area contributed by atoms with E-state index in [1.165, 1.54) is 12.2 Å². The lowest BCUT2D eigenvalue weighted by molar-refractivity contribution is -0.137. The predicted octanol–water partition coefficient (Wildman–Crippen LogP) is 1.94. The average molecular weight is 224 g/mol. The van der Waals surface area contributed by atoms with E-state index >= 15 is 0 Å². The molecule has 0 aliphatic heterocycles. The molecular weight excluding hydrogens is 208 g/mol. The molecule has 0 bridgehead atoms. The van der Waals surface area contributed by atoms with Crippen LogP contribution in [0.5, 0.6) is 0 Å². The van der Waals surface area contributed by atoms with E-state index in [1.807, 2.05) is 20.8 Å². The van der Waals surface area contributed by atoms with Crippen molar-refractivity contribution in [3.63, 3.8) is 0 Å². The van der Waals surface area contributed by atoms with Crippen LogP contribution in [0.15, 0.2) is 10.6 Å². The maximum atomic E-state index is 11.0. The van der Waals surface area contributed by atoms with Crippen LogP contribution in [0.2, 0.25) is 0 Å². The van der Waals surface area contributed by atoms with Gasteiger partial charge >= 0.3 is 5.97 Å². The zero-order chi connectivity index (χ0) is 12.2. The fourth-order valence-corrected chi connectivity index (χ4v) is 0.937. The highest BCUT2D eigenvalue weighted by Crippen LogP contribution is 2.18. The standard InChI is InChI=1S/C11H16N2O3/c1-5-15-9(14)7-6-8-12-10(13-16-8)11(2,3)4/h6-7H,5H2,1-4H3/b7-6+. The Kier molecular flexibility index (Phi) is 3.82. The van der Waals surface area contributed by atoms with E-state index in [4.69, 9.17) is 9.26 Å². The van der Waals surface area contributed by atoms with Gasteiger partial charge in [0.25, 0.3) is 5.89 Å². The van der Waals surface area contributed by atoms with Crippen molar-refractivity contribution in [3.05, 3.63) is 17.8 Å². The van der Waals surface area contributed by atoms with Crippen molar-refractivity contribution in [1.29, 1.82) is 0 Å². The highest BCUT2D eigenvalue weighted by atomic mass is 16.5. The molecule has 0 unspecified atom stereocenters. The van der Waals surface area contributed by atoms with Crippen LogP contribution in [-0.2, 0) is 14.9 Å². The number of aromatic nitrogens is 2. The van der Waals surface area contributed by atoms with Gasteiger partial charge in [-0.15, -0.1) is 0 Å². The van der Waals surface area contributed by atoms with Crippen LogP contribution < -0.4 is 0 Å². The third-order valence-electron chi connectivity index (χ3n) is 1.76. The van der Waals surface area contributed by atoms with Gasteiger partial charge in [-0.3, -0.25) is 0 Å². The zero-order valence-electron chi connectivity index (χ0n) is 9.98. The molecule has 0 atom stereocenters. The lowest BCUT2D eigenvalue weighted by atomic mass is 9.96. The topological polar surface area (TPSA) is 65.2 Å². The summed E-state index contributed by atoms with van der Waals surface area (Å²) in [6.45, 7) is 8.04. The number of hydrogen-bond donors (Lipinski definition) is 0. The van der Waals surface area contributed by atoms with Gasteiger partial charge in [-0.25, -0.2) is 4.79 Å². The average Bonchev–Trinajstić information content (AvgIpc) is 2.63. The van der Waals surface area contributed by atoms with Gasteiger partial charge in [0.05, 0.1) is 6.61 Å². The molecule has 0 aromatic carbocycles. The number of ether oxygens (including phenoxy) is 1. The van der Waals surface area contributed by atoms with Crippen molar-refractivity contribution in [1.82, 2.24) is 10.1 Å². The Bertz CT molecular complexity index is 388. The van der Waals surface area contributed by atoms with Crippen molar-refractivity contribution in [2.45, 2.75) is 33.1 Å². The number of carbonyl (C=O) groups is 1. The van der Waals surface area contributed by atoms with Crippen LogP contribution in [0.25, 0.3) is 6.08 Å². The Labute approximate surface area is 94.5 Å². The Hall–Kier alpha value is -1.65. The molecule has 0 saturated heterocycles. The molecule has 88 valence electrons. The summed E-state index contributed by atoms with van der Waals surface area (Å²) in [4.78, 5) is 15.2. The second-order valence-electron chi connectivity index (χ2n) is 4.29. The SMILES string of the molecule is CCOC(=O)/C=C/c1nc(C(C)(C)C)no1. The van der Waals surface area contributed by atoms with Gasteiger partial charge in [-0.1, -0.05) is 25.9 Å². The molecule has 0 fully saturated rings. The molecule has 1 heterocycles. The van der Waals surface area contributed by atoms with Gasteiger partial charge in [0.2, 0.25) is 0 Å². The second-order valence-corrected chi connectivity index (χ2v) is 4.29. The minimum Gasteiger partial charge on any atom is -0.463 e. The molecule has 0 spiro atoms. The summed E-state index contributed by atoms with van der Waals surface area (Å²) < 4.78 is 9.69. The van der Waals surface area contributed by atoms with Gasteiger partial charge in [0.1, 0.15) is 0 Å². The molecule has 0 aliphatic rings. The van der Waals surface area contributed by atoms with E-state index in [0.29, 0.717) is 18.3 Å². The number of carbonyl (C=O) groups excluding carboxylic acids is 1. The third kappa shape index (κ3) is 3.49. The molecule has 1 rings (SSSR count). The summed E-state index contributed by atoms with van der Waals surface area (Å²) >= 11 is 0. The van der Waals surface area contributed by atoms with Crippen LogP contribution >= 0.6 is 0 Å². The summed E-state index contributed by atoms with van der Waals surface area (Å²) in [6, 6.07) is 0. The van der Waals surface area contributed by atoms with E-state index in [1.54, 1.807) is 6.92 Å². The molecule has 5 nitrogen and oxygen atoms in total. The van der Waals surface area contributed by atoms with E-state index < -0.39 is 5.97 Å². The highest BCUT2D eigenvalue weighted by Gasteiger charge is 2.20. The first-order chi connectivity index (χ1) is 7.43. The van der Waals surface area contributed by atoms with Gasteiger partial charge in [-0.05, 0) is 6.92 Å². The summed E-state index contributed by atoms with van der Waals surface area (Å²) in [5.74, 6) is 0.493. The second kappa shape index (κ2) is 4.92. The zero-order valence-corrected chi connectivity index (χ0v) is 9.98. The first-order valence-corrected chi connectivity index (χ1v) is 5.12. The Morgan fingerprint density at radius 2 is 2.19 bits per heavy atom. The number of hydrogen-bond acceptors (Lipinski definition) is 5. The van der Waals surface area contributed by atoms with Gasteiger partial charge < -0.3 is 9.26 Å². The molecule has 0 N–H and O–H groups in total. The minimum absolute atomic E-state index is 0.167. The van der Waals surface area contributed by atoms with Crippen LogP contribution in [0.4, 0.5) is 0 Å². The Balaban J connectivity index is 2.69. The quantitative estimate of drug-likeness (QED) is 0.580. The molecule has 0 saturated carbocycles. The largest absolute Gasteiger partial charge is 0.463 e. The molecule has 0 amide bonds. The van der Waals surface area contributed by atoms with Crippen LogP contribution in [0.3, 0.4) is 0 Å². The van der Waals surface area contributed by atoms with Crippen LogP contribution in [0, 0.1) is 0 Å². The molecule has 0 radical (unpaired) electrons. The number of nitrogens with zero attached hydrogens (tertiary/aromatic N) is 2. The molecule has 0 aliphatic carbocycles. The summed E-state index contributed by atoms with van der Waals surface area (Å²) in [6.07, 6.45) is 2.71. The monoisotopic (exact) mass is 224 g/mol. The molecule has 16 heavy (non-hydrogen) atoms. The summed E-state index contributed by atoms with van der Waals surface area (Å²) in [5, 5.41) is 3.82. The van der Waals surface area contributed by atoms with Gasteiger partial charge in [-0.2, -0.15) is 4.98 Å². The van der Waals surface area contributed by atoms with Gasteiger partial charge in [0, 0.05) is 17.6 Å². The van der Waals surface area contributed by atoms with Crippen LogP contribution in [0.1, 0.15) is 39.4 Å². The molecular formula is C11H16N2O3. The van der Waals surface area contributed by atoms with Crippen molar-refractivity contribution >= 4 is 12.0 Å².